The molecule has 1 amide bonds. The van der Waals surface area contributed by atoms with E-state index in [-0.39, 0.29) is 11.3 Å². The summed E-state index contributed by atoms with van der Waals surface area (Å²) in [6.07, 6.45) is 2.75. The number of amides is 1. The highest BCUT2D eigenvalue weighted by Crippen LogP contribution is 2.45. The van der Waals surface area contributed by atoms with E-state index in [1.165, 1.54) is 16.2 Å². The molecule has 0 saturated carbocycles. The van der Waals surface area contributed by atoms with E-state index in [1.807, 2.05) is 6.92 Å². The maximum absolute atomic E-state index is 13.6. The molecule has 206 valence electrons. The molecule has 40 heavy (non-hydrogen) atoms. The van der Waals surface area contributed by atoms with Crippen molar-refractivity contribution in [2.75, 3.05) is 18.1 Å². The molecular weight excluding hydrogens is 548 g/mol. The monoisotopic (exact) mass is 576 g/mol. The van der Waals surface area contributed by atoms with Crippen LogP contribution in [0.25, 0.3) is 16.0 Å². The first-order valence-electron chi connectivity index (χ1n) is 13.2. The number of thiazole rings is 1. The van der Waals surface area contributed by atoms with Crippen LogP contribution in [0.1, 0.15) is 50.3 Å². The summed E-state index contributed by atoms with van der Waals surface area (Å²) >= 11 is 7.44. The molecule has 9 heteroatoms. The van der Waals surface area contributed by atoms with Crippen molar-refractivity contribution in [3.05, 3.63) is 88.5 Å². The second kappa shape index (κ2) is 12.1. The Morgan fingerprint density at radius 2 is 1.75 bits per heavy atom. The number of rotatable bonds is 10. The molecule has 1 aliphatic rings. The molecule has 7 nitrogen and oxygen atoms in total. The topological polar surface area (TPSA) is 89.0 Å². The number of nitrogens with zero attached hydrogens (tertiary/aromatic N) is 2. The van der Waals surface area contributed by atoms with Crippen LogP contribution in [0.15, 0.2) is 72.3 Å². The molecule has 0 aliphatic carbocycles. The maximum Gasteiger partial charge on any atom is 0.301 e. The van der Waals surface area contributed by atoms with E-state index < -0.39 is 17.7 Å². The minimum Gasteiger partial charge on any atom is -0.507 e. The number of aliphatic hydroxyl groups is 1. The van der Waals surface area contributed by atoms with Gasteiger partial charge in [-0.25, -0.2) is 4.98 Å². The summed E-state index contributed by atoms with van der Waals surface area (Å²) in [5.41, 5.74) is 1.66. The van der Waals surface area contributed by atoms with E-state index in [4.69, 9.17) is 21.1 Å². The van der Waals surface area contributed by atoms with E-state index in [0.717, 1.165) is 24.0 Å². The maximum atomic E-state index is 13.6. The number of aromatic nitrogens is 1. The van der Waals surface area contributed by atoms with Gasteiger partial charge in [-0.3, -0.25) is 14.5 Å². The highest BCUT2D eigenvalue weighted by atomic mass is 35.5. The van der Waals surface area contributed by atoms with E-state index in [1.54, 1.807) is 66.7 Å². The number of ether oxygens (including phenoxy) is 2. The fraction of sp³-hybridized carbons (Fsp3) is 0.258. The van der Waals surface area contributed by atoms with Gasteiger partial charge in [0.25, 0.3) is 5.78 Å². The van der Waals surface area contributed by atoms with Gasteiger partial charge in [-0.1, -0.05) is 67.5 Å². The molecule has 0 spiro atoms. The second-order valence-electron chi connectivity index (χ2n) is 9.42. The number of Topliss-reactive ketones (excluding diaryl/α,β-unsaturated/α-hetero) is 1. The van der Waals surface area contributed by atoms with Crippen molar-refractivity contribution < 1.29 is 24.2 Å². The highest BCUT2D eigenvalue weighted by Gasteiger charge is 2.48. The predicted molar refractivity (Wildman–Crippen MR) is 158 cm³/mol. The Hall–Kier alpha value is -3.88. The molecule has 1 saturated heterocycles. The molecule has 1 fully saturated rings. The first-order chi connectivity index (χ1) is 19.4. The number of unbranched alkanes of at least 4 members (excludes halogenated alkanes) is 1. The Morgan fingerprint density at radius 3 is 2.50 bits per heavy atom. The van der Waals surface area contributed by atoms with E-state index in [9.17, 15) is 14.7 Å². The molecule has 1 aromatic heterocycles. The van der Waals surface area contributed by atoms with Crippen LogP contribution in [0.4, 0.5) is 5.13 Å². The van der Waals surface area contributed by atoms with Crippen LogP contribution >= 0.6 is 22.9 Å². The van der Waals surface area contributed by atoms with Crippen LogP contribution in [-0.4, -0.2) is 35.0 Å². The van der Waals surface area contributed by atoms with Gasteiger partial charge in [0.2, 0.25) is 0 Å². The Balaban J connectivity index is 1.62. The van der Waals surface area contributed by atoms with Gasteiger partial charge < -0.3 is 14.6 Å². The van der Waals surface area contributed by atoms with Crippen molar-refractivity contribution in [3.8, 4) is 11.5 Å². The van der Waals surface area contributed by atoms with E-state index in [0.29, 0.717) is 51.5 Å². The molecule has 1 N–H and O–H groups in total. The summed E-state index contributed by atoms with van der Waals surface area (Å²) in [5.74, 6) is -0.582. The lowest BCUT2D eigenvalue weighted by Crippen LogP contribution is -2.29. The third-order valence-corrected chi connectivity index (χ3v) is 7.79. The van der Waals surface area contributed by atoms with Gasteiger partial charge in [-0.15, -0.1) is 0 Å². The summed E-state index contributed by atoms with van der Waals surface area (Å²) in [5, 5.41) is 12.4. The molecule has 1 atom stereocenters. The quantitative estimate of drug-likeness (QED) is 0.0907. The summed E-state index contributed by atoms with van der Waals surface area (Å²) in [6.45, 7) is 5.21. The minimum atomic E-state index is -0.902. The van der Waals surface area contributed by atoms with E-state index >= 15 is 0 Å². The van der Waals surface area contributed by atoms with Crippen LogP contribution in [0, 0.1) is 0 Å². The average molecular weight is 577 g/mol. The Bertz CT molecular complexity index is 1580. The van der Waals surface area contributed by atoms with Gasteiger partial charge in [-0.05, 0) is 60.9 Å². The van der Waals surface area contributed by atoms with Crippen LogP contribution < -0.4 is 14.4 Å². The van der Waals surface area contributed by atoms with Crippen molar-refractivity contribution in [1.29, 1.82) is 0 Å². The van der Waals surface area contributed by atoms with Crippen LogP contribution in [0.2, 0.25) is 5.02 Å². The number of ketones is 1. The smallest absolute Gasteiger partial charge is 0.301 e. The van der Waals surface area contributed by atoms with Gasteiger partial charge in [0.15, 0.2) is 5.13 Å². The van der Waals surface area contributed by atoms with Gasteiger partial charge in [0, 0.05) is 10.6 Å². The van der Waals surface area contributed by atoms with Crippen LogP contribution in [0.3, 0.4) is 0 Å². The molecule has 0 bridgehead atoms. The second-order valence-corrected chi connectivity index (χ2v) is 10.9. The minimum absolute atomic E-state index is 0.0183. The summed E-state index contributed by atoms with van der Waals surface area (Å²) < 4.78 is 12.3. The first-order valence-corrected chi connectivity index (χ1v) is 14.4. The summed E-state index contributed by atoms with van der Waals surface area (Å²) in [4.78, 5) is 33.1. The van der Waals surface area contributed by atoms with Gasteiger partial charge in [0.1, 0.15) is 17.3 Å². The lowest BCUT2D eigenvalue weighted by molar-refractivity contribution is -0.132. The third-order valence-electron chi connectivity index (χ3n) is 6.53. The van der Waals surface area contributed by atoms with Crippen molar-refractivity contribution in [1.82, 2.24) is 4.98 Å². The summed E-state index contributed by atoms with van der Waals surface area (Å²) in [7, 11) is 0. The first kappa shape index (κ1) is 27.7. The van der Waals surface area contributed by atoms with Gasteiger partial charge >= 0.3 is 5.91 Å². The Kier molecular flexibility index (Phi) is 8.38. The number of carbonyl (C=O) groups excluding carboxylic acids is 2. The molecule has 1 unspecified atom stereocenters. The Labute approximate surface area is 241 Å². The van der Waals surface area contributed by atoms with E-state index in [2.05, 4.69) is 11.9 Å². The molecule has 4 aromatic rings. The zero-order valence-electron chi connectivity index (χ0n) is 22.2. The summed E-state index contributed by atoms with van der Waals surface area (Å²) in [6, 6.07) is 18.5. The number of carbonyl (C=O) groups is 2. The normalized spacial score (nSPS) is 16.6. The zero-order valence-corrected chi connectivity index (χ0v) is 23.8. The number of fused-ring (bicyclic) bond motifs is 1. The number of anilines is 1. The zero-order chi connectivity index (χ0) is 28.2. The molecule has 0 radical (unpaired) electrons. The fourth-order valence-corrected chi connectivity index (χ4v) is 5.79. The molecule has 5 rings (SSSR count). The lowest BCUT2D eigenvalue weighted by atomic mass is 9.95. The van der Waals surface area contributed by atoms with Crippen LogP contribution in [0.5, 0.6) is 11.5 Å². The largest absolute Gasteiger partial charge is 0.507 e. The van der Waals surface area contributed by atoms with Crippen molar-refractivity contribution >= 4 is 55.7 Å². The average Bonchev–Trinajstić information content (AvgIpc) is 3.49. The third kappa shape index (κ3) is 5.55. The number of hydrogen-bond acceptors (Lipinski definition) is 7. The number of hydrogen-bond donors (Lipinski definition) is 1. The Morgan fingerprint density at radius 1 is 0.975 bits per heavy atom. The number of halogens is 1. The van der Waals surface area contributed by atoms with Crippen molar-refractivity contribution in [3.63, 3.8) is 0 Å². The fourth-order valence-electron chi connectivity index (χ4n) is 4.52. The lowest BCUT2D eigenvalue weighted by Gasteiger charge is -2.23. The number of benzene rings is 3. The standard InChI is InChI=1S/C31H29ClN2O5S/c1-3-5-16-39-23-8-6-7-20(17-23)28(35)26-27(19-9-12-22(13-10-19)38-15-4-2)34(30(37)29(26)36)31-33-24-14-11-21(32)18-25(24)40-31/h6-14,17-18,27,35H,3-5,15-16H2,1-2H3/b28-26+. The molecule has 2 heterocycles. The van der Waals surface area contributed by atoms with Crippen LogP contribution in [-0.2, 0) is 9.59 Å². The predicted octanol–water partition coefficient (Wildman–Crippen LogP) is 7.54. The van der Waals surface area contributed by atoms with Crippen molar-refractivity contribution in [2.24, 2.45) is 0 Å². The number of aliphatic hydroxyl groups excluding tert-OH is 1. The van der Waals surface area contributed by atoms with Crippen molar-refractivity contribution in [2.45, 2.75) is 39.2 Å². The molecule has 3 aromatic carbocycles. The SMILES string of the molecule is CCCCOc1cccc(/C(O)=C2\C(=O)C(=O)N(c3nc4ccc(Cl)cc4s3)C2c2ccc(OCCC)cc2)c1. The van der Waals surface area contributed by atoms with Gasteiger partial charge in [0.05, 0.1) is 35.0 Å². The molecular formula is C31H29ClN2O5S. The molecule has 1 aliphatic heterocycles. The van der Waals surface area contributed by atoms with Gasteiger partial charge in [-0.2, -0.15) is 0 Å². The highest BCUT2D eigenvalue weighted by molar-refractivity contribution is 7.22.